The highest BCUT2D eigenvalue weighted by Crippen LogP contribution is 2.27. The monoisotopic (exact) mass is 286 g/mol. The second kappa shape index (κ2) is 5.70. The van der Waals surface area contributed by atoms with Crippen LogP contribution in [-0.2, 0) is 6.42 Å². The summed E-state index contributed by atoms with van der Waals surface area (Å²) in [4.78, 5) is 21.2. The van der Waals surface area contributed by atoms with Gasteiger partial charge in [0.2, 0.25) is 0 Å². The third kappa shape index (κ3) is 3.22. The van der Waals surface area contributed by atoms with Crippen molar-refractivity contribution in [2.45, 2.75) is 20.3 Å². The van der Waals surface area contributed by atoms with Gasteiger partial charge in [0.1, 0.15) is 0 Å². The van der Waals surface area contributed by atoms with Gasteiger partial charge >= 0.3 is 0 Å². The Morgan fingerprint density at radius 3 is 1.52 bits per heavy atom. The van der Waals surface area contributed by atoms with Crippen LogP contribution in [0.1, 0.15) is 22.3 Å². The van der Waals surface area contributed by atoms with E-state index in [0.29, 0.717) is 11.1 Å². The topological polar surface area (TPSA) is 86.3 Å². The molecular formula is C15H14N2O4. The van der Waals surface area contributed by atoms with Crippen LogP contribution in [0.25, 0.3) is 0 Å². The maximum atomic E-state index is 11.1. The highest BCUT2D eigenvalue weighted by molar-refractivity contribution is 5.50. The van der Waals surface area contributed by atoms with E-state index in [-0.39, 0.29) is 17.8 Å². The van der Waals surface area contributed by atoms with Crippen LogP contribution >= 0.6 is 0 Å². The number of hydrogen-bond donors (Lipinski definition) is 0. The molecule has 6 nitrogen and oxygen atoms in total. The quantitative estimate of drug-likeness (QED) is 0.633. The summed E-state index contributed by atoms with van der Waals surface area (Å²) in [6.07, 6.45) is 0.163. The maximum absolute atomic E-state index is 11.1. The predicted molar refractivity (Wildman–Crippen MR) is 78.5 cm³/mol. The second-order valence-electron chi connectivity index (χ2n) is 4.96. The van der Waals surface area contributed by atoms with Crippen molar-refractivity contribution in [1.82, 2.24) is 0 Å². The standard InChI is InChI=1S/C15H14N2O4/c1-10-3-5-14(16(18)19)12(7-10)9-13-8-11(2)4-6-15(13)17(20)21/h3-8H,9H2,1-2H3. The van der Waals surface area contributed by atoms with Crippen LogP contribution < -0.4 is 0 Å². The molecule has 2 aromatic carbocycles. The molecule has 0 unspecified atom stereocenters. The summed E-state index contributed by atoms with van der Waals surface area (Å²) < 4.78 is 0. The Bertz CT molecular complexity index is 664. The smallest absolute Gasteiger partial charge is 0.258 e. The van der Waals surface area contributed by atoms with Crippen molar-refractivity contribution in [2.24, 2.45) is 0 Å². The van der Waals surface area contributed by atoms with E-state index in [1.807, 2.05) is 13.8 Å². The average Bonchev–Trinajstić information content (AvgIpc) is 2.38. The lowest BCUT2D eigenvalue weighted by Gasteiger charge is -2.06. The van der Waals surface area contributed by atoms with Gasteiger partial charge in [-0.15, -0.1) is 0 Å². The zero-order chi connectivity index (χ0) is 15.6. The molecule has 108 valence electrons. The first kappa shape index (κ1) is 14.6. The van der Waals surface area contributed by atoms with Gasteiger partial charge in [0.15, 0.2) is 0 Å². The molecule has 0 amide bonds. The largest absolute Gasteiger partial charge is 0.272 e. The molecule has 0 saturated heterocycles. The van der Waals surface area contributed by atoms with Crippen LogP contribution in [0.3, 0.4) is 0 Å². The summed E-state index contributed by atoms with van der Waals surface area (Å²) in [5, 5.41) is 22.2. The zero-order valence-electron chi connectivity index (χ0n) is 11.7. The van der Waals surface area contributed by atoms with E-state index in [4.69, 9.17) is 0 Å². The van der Waals surface area contributed by atoms with Crippen molar-refractivity contribution < 1.29 is 9.85 Å². The second-order valence-corrected chi connectivity index (χ2v) is 4.96. The molecule has 0 radical (unpaired) electrons. The molecule has 0 fully saturated rings. The van der Waals surface area contributed by atoms with Crippen LogP contribution in [0.2, 0.25) is 0 Å². The normalized spacial score (nSPS) is 10.4. The van der Waals surface area contributed by atoms with Gasteiger partial charge in [0.25, 0.3) is 11.4 Å². The molecule has 0 aliphatic carbocycles. The predicted octanol–water partition coefficient (Wildman–Crippen LogP) is 3.71. The van der Waals surface area contributed by atoms with Gasteiger partial charge in [-0.2, -0.15) is 0 Å². The molecule has 21 heavy (non-hydrogen) atoms. The first-order valence-electron chi connectivity index (χ1n) is 6.36. The third-order valence-corrected chi connectivity index (χ3v) is 3.24. The Morgan fingerprint density at radius 2 is 1.19 bits per heavy atom. The lowest BCUT2D eigenvalue weighted by molar-refractivity contribution is -0.386. The summed E-state index contributed by atoms with van der Waals surface area (Å²) in [6.45, 7) is 3.66. The number of nitro benzene ring substituents is 2. The highest BCUT2D eigenvalue weighted by atomic mass is 16.6. The van der Waals surface area contributed by atoms with Gasteiger partial charge in [-0.1, -0.05) is 23.3 Å². The van der Waals surface area contributed by atoms with Gasteiger partial charge in [0, 0.05) is 29.7 Å². The number of nitro groups is 2. The average molecular weight is 286 g/mol. The Hall–Kier alpha value is -2.76. The molecule has 0 aliphatic rings. The van der Waals surface area contributed by atoms with E-state index in [0.717, 1.165) is 11.1 Å². The maximum Gasteiger partial charge on any atom is 0.272 e. The van der Waals surface area contributed by atoms with Crippen molar-refractivity contribution in [3.05, 3.63) is 78.9 Å². The van der Waals surface area contributed by atoms with Crippen molar-refractivity contribution in [2.75, 3.05) is 0 Å². The molecule has 0 bridgehead atoms. The minimum Gasteiger partial charge on any atom is -0.258 e. The lowest BCUT2D eigenvalue weighted by atomic mass is 9.99. The van der Waals surface area contributed by atoms with Crippen LogP contribution in [0.15, 0.2) is 36.4 Å². The van der Waals surface area contributed by atoms with Gasteiger partial charge in [-0.3, -0.25) is 20.2 Å². The SMILES string of the molecule is Cc1ccc([N+](=O)[O-])c(Cc2cc(C)ccc2[N+](=O)[O-])c1. The molecule has 2 rings (SSSR count). The Labute approximate surface area is 121 Å². The Kier molecular flexibility index (Phi) is 3.98. The van der Waals surface area contributed by atoms with Crippen LogP contribution in [0.4, 0.5) is 11.4 Å². The van der Waals surface area contributed by atoms with E-state index in [1.165, 1.54) is 12.1 Å². The fraction of sp³-hybridized carbons (Fsp3) is 0.200. The molecule has 0 aromatic heterocycles. The minimum atomic E-state index is -0.462. The van der Waals surface area contributed by atoms with Crippen LogP contribution in [0.5, 0.6) is 0 Å². The van der Waals surface area contributed by atoms with Crippen LogP contribution in [-0.4, -0.2) is 9.85 Å². The molecular weight excluding hydrogens is 272 g/mol. The number of benzene rings is 2. The van der Waals surface area contributed by atoms with Gasteiger partial charge in [0.05, 0.1) is 9.85 Å². The fourth-order valence-electron chi connectivity index (χ4n) is 2.27. The molecule has 0 saturated carbocycles. The first-order valence-corrected chi connectivity index (χ1v) is 6.36. The van der Waals surface area contributed by atoms with E-state index in [2.05, 4.69) is 0 Å². The molecule has 0 spiro atoms. The first-order chi connectivity index (χ1) is 9.88. The van der Waals surface area contributed by atoms with Crippen LogP contribution in [0, 0.1) is 34.1 Å². The van der Waals surface area contributed by atoms with E-state index in [9.17, 15) is 20.2 Å². The lowest BCUT2D eigenvalue weighted by Crippen LogP contribution is -2.01. The summed E-state index contributed by atoms with van der Waals surface area (Å²) in [5.74, 6) is 0. The molecule has 0 aliphatic heterocycles. The molecule has 0 N–H and O–H groups in total. The number of hydrogen-bond acceptors (Lipinski definition) is 4. The highest BCUT2D eigenvalue weighted by Gasteiger charge is 2.19. The number of aryl methyl sites for hydroxylation is 2. The van der Waals surface area contributed by atoms with Crippen molar-refractivity contribution >= 4 is 11.4 Å². The van der Waals surface area contributed by atoms with Gasteiger partial charge < -0.3 is 0 Å². The van der Waals surface area contributed by atoms with E-state index < -0.39 is 9.85 Å². The Morgan fingerprint density at radius 1 is 0.810 bits per heavy atom. The Balaban J connectivity index is 2.52. The molecule has 0 heterocycles. The summed E-state index contributed by atoms with van der Waals surface area (Å²) in [7, 11) is 0. The van der Waals surface area contributed by atoms with E-state index in [1.54, 1.807) is 24.3 Å². The summed E-state index contributed by atoms with van der Waals surface area (Å²) in [5.41, 5.74) is 2.69. The van der Waals surface area contributed by atoms with Crippen molar-refractivity contribution in [1.29, 1.82) is 0 Å². The minimum absolute atomic E-state index is 0.0172. The number of nitrogens with zero attached hydrogens (tertiary/aromatic N) is 2. The third-order valence-electron chi connectivity index (χ3n) is 3.24. The summed E-state index contributed by atoms with van der Waals surface area (Å²) in [6, 6.07) is 9.59. The molecule has 6 heteroatoms. The van der Waals surface area contributed by atoms with Crippen molar-refractivity contribution in [3.8, 4) is 0 Å². The van der Waals surface area contributed by atoms with Crippen molar-refractivity contribution in [3.63, 3.8) is 0 Å². The van der Waals surface area contributed by atoms with Gasteiger partial charge in [-0.05, 0) is 26.0 Å². The summed E-state index contributed by atoms with van der Waals surface area (Å²) >= 11 is 0. The fourth-order valence-corrected chi connectivity index (χ4v) is 2.27. The van der Waals surface area contributed by atoms with Gasteiger partial charge in [-0.25, -0.2) is 0 Å². The zero-order valence-corrected chi connectivity index (χ0v) is 11.7. The van der Waals surface area contributed by atoms with E-state index >= 15 is 0 Å². The molecule has 0 atom stereocenters. The number of rotatable bonds is 4. The molecule has 2 aromatic rings.